The maximum absolute atomic E-state index is 13.3. The summed E-state index contributed by atoms with van der Waals surface area (Å²) in [5.41, 5.74) is 6.83. The smallest absolute Gasteiger partial charge is 0.281 e. The van der Waals surface area contributed by atoms with Crippen molar-refractivity contribution in [3.63, 3.8) is 0 Å². The highest BCUT2D eigenvalue weighted by Gasteiger charge is 2.39. The molecule has 10 nitrogen and oxygen atoms in total. The average Bonchev–Trinajstić information content (AvgIpc) is 3.10. The third-order valence-electron chi connectivity index (χ3n) is 6.08. The third kappa shape index (κ3) is 5.82. The highest BCUT2D eigenvalue weighted by molar-refractivity contribution is 7.90. The molecule has 1 aliphatic rings. The molecule has 0 saturated carbocycles. The standard InChI is InChI=1S/C26H32N6O4S/c1-16(2)36-22-12-9-18(14-28-22)20-11-10-19(24(29-20)32-15-17(3)13-26(32,4)5)25(33)31-37(34,35)23-8-6-7-21(27)30-23/h6-12,14,16-17H,13,15H2,1-5H3,(H2,27,30)(H,31,33). The molecule has 3 aromatic rings. The van der Waals surface area contributed by atoms with Gasteiger partial charge in [-0.1, -0.05) is 13.0 Å². The number of nitrogens with one attached hydrogen (secondary N) is 1. The second-order valence-electron chi connectivity index (χ2n) is 10.2. The molecule has 11 heteroatoms. The lowest BCUT2D eigenvalue weighted by molar-refractivity contribution is 0.0981. The van der Waals surface area contributed by atoms with E-state index >= 15 is 0 Å². The predicted molar refractivity (Wildman–Crippen MR) is 142 cm³/mol. The Morgan fingerprint density at radius 2 is 1.92 bits per heavy atom. The van der Waals surface area contributed by atoms with Gasteiger partial charge < -0.3 is 15.4 Å². The fourth-order valence-corrected chi connectivity index (χ4v) is 5.55. The van der Waals surface area contributed by atoms with Crippen molar-refractivity contribution in [2.75, 3.05) is 17.2 Å². The normalized spacial score (nSPS) is 17.1. The van der Waals surface area contributed by atoms with Gasteiger partial charge >= 0.3 is 0 Å². The predicted octanol–water partition coefficient (Wildman–Crippen LogP) is 3.65. The van der Waals surface area contributed by atoms with E-state index in [0.29, 0.717) is 29.9 Å². The summed E-state index contributed by atoms with van der Waals surface area (Å²) >= 11 is 0. The van der Waals surface area contributed by atoms with E-state index < -0.39 is 15.9 Å². The number of nitrogen functional groups attached to an aromatic ring is 1. The average molecular weight is 525 g/mol. The van der Waals surface area contributed by atoms with Gasteiger partial charge in [0, 0.05) is 29.9 Å². The first-order valence-electron chi connectivity index (χ1n) is 12.1. The number of hydrogen-bond acceptors (Lipinski definition) is 9. The monoisotopic (exact) mass is 524 g/mol. The molecular weight excluding hydrogens is 492 g/mol. The molecule has 4 rings (SSSR count). The fraction of sp³-hybridized carbons (Fsp3) is 0.385. The molecule has 1 aliphatic heterocycles. The number of pyridine rings is 3. The summed E-state index contributed by atoms with van der Waals surface area (Å²) in [6.45, 7) is 10.8. The van der Waals surface area contributed by atoms with Crippen LogP contribution >= 0.6 is 0 Å². The maximum Gasteiger partial charge on any atom is 0.281 e. The van der Waals surface area contributed by atoms with Gasteiger partial charge in [0.2, 0.25) is 5.88 Å². The van der Waals surface area contributed by atoms with Crippen molar-refractivity contribution in [2.45, 2.75) is 57.7 Å². The van der Waals surface area contributed by atoms with Crippen LogP contribution in [0.2, 0.25) is 0 Å². The van der Waals surface area contributed by atoms with Crippen LogP contribution in [-0.4, -0.2) is 47.5 Å². The van der Waals surface area contributed by atoms with E-state index in [-0.39, 0.29) is 28.1 Å². The minimum absolute atomic E-state index is 0.000864. The van der Waals surface area contributed by atoms with Crippen LogP contribution in [0, 0.1) is 5.92 Å². The number of carbonyl (C=O) groups is 1. The lowest BCUT2D eigenvalue weighted by atomic mass is 9.97. The van der Waals surface area contributed by atoms with E-state index in [0.717, 1.165) is 12.0 Å². The van der Waals surface area contributed by atoms with Crippen molar-refractivity contribution < 1.29 is 17.9 Å². The Labute approximate surface area is 217 Å². The van der Waals surface area contributed by atoms with Crippen molar-refractivity contribution in [3.05, 3.63) is 54.2 Å². The van der Waals surface area contributed by atoms with Gasteiger partial charge in [-0.3, -0.25) is 4.79 Å². The summed E-state index contributed by atoms with van der Waals surface area (Å²) in [5.74, 6) is 0.513. The maximum atomic E-state index is 13.3. The quantitative estimate of drug-likeness (QED) is 0.474. The number of ether oxygens (including phenoxy) is 1. The Morgan fingerprint density at radius 1 is 1.16 bits per heavy atom. The topological polar surface area (TPSA) is 140 Å². The number of aromatic nitrogens is 3. The van der Waals surface area contributed by atoms with Crippen LogP contribution in [0.4, 0.5) is 11.6 Å². The molecule has 37 heavy (non-hydrogen) atoms. The minimum atomic E-state index is -4.25. The first-order chi connectivity index (χ1) is 17.4. The van der Waals surface area contributed by atoms with Crippen molar-refractivity contribution in [1.82, 2.24) is 19.7 Å². The summed E-state index contributed by atoms with van der Waals surface area (Å²) < 4.78 is 33.5. The molecule has 1 atom stereocenters. The van der Waals surface area contributed by atoms with E-state index in [9.17, 15) is 13.2 Å². The number of sulfonamides is 1. The van der Waals surface area contributed by atoms with E-state index in [2.05, 4.69) is 40.4 Å². The number of carbonyl (C=O) groups excluding carboxylic acids is 1. The zero-order chi connectivity index (χ0) is 27.0. The number of hydrogen-bond donors (Lipinski definition) is 2. The van der Waals surface area contributed by atoms with E-state index in [1.54, 1.807) is 24.4 Å². The SMILES string of the molecule is CC1CN(c2nc(-c3ccc(OC(C)C)nc3)ccc2C(=O)NS(=O)(=O)c2cccc(N)n2)C(C)(C)C1. The highest BCUT2D eigenvalue weighted by Crippen LogP contribution is 2.38. The van der Waals surface area contributed by atoms with Crippen LogP contribution in [0.5, 0.6) is 5.88 Å². The number of nitrogens with zero attached hydrogens (tertiary/aromatic N) is 4. The van der Waals surface area contributed by atoms with Crippen LogP contribution < -0.4 is 20.1 Å². The lowest BCUT2D eigenvalue weighted by Gasteiger charge is -2.34. The largest absolute Gasteiger partial charge is 0.475 e. The van der Waals surface area contributed by atoms with Gasteiger partial charge in [0.05, 0.1) is 17.4 Å². The van der Waals surface area contributed by atoms with Crippen molar-refractivity contribution in [2.24, 2.45) is 5.92 Å². The van der Waals surface area contributed by atoms with Crippen molar-refractivity contribution >= 4 is 27.6 Å². The van der Waals surface area contributed by atoms with Gasteiger partial charge in [0.1, 0.15) is 11.6 Å². The van der Waals surface area contributed by atoms with Crippen molar-refractivity contribution in [3.8, 4) is 17.1 Å². The van der Waals surface area contributed by atoms with Crippen LogP contribution in [0.3, 0.4) is 0 Å². The van der Waals surface area contributed by atoms with Crippen LogP contribution in [0.15, 0.2) is 53.7 Å². The Hall–Kier alpha value is -3.73. The molecule has 0 aromatic carbocycles. The van der Waals surface area contributed by atoms with Gasteiger partial charge in [-0.05, 0) is 70.4 Å². The molecule has 0 aliphatic carbocycles. The lowest BCUT2D eigenvalue weighted by Crippen LogP contribution is -2.41. The molecule has 196 valence electrons. The molecule has 1 amide bonds. The fourth-order valence-electron chi connectivity index (χ4n) is 4.60. The van der Waals surface area contributed by atoms with Gasteiger partial charge in [-0.15, -0.1) is 0 Å². The second-order valence-corrected chi connectivity index (χ2v) is 11.8. The molecule has 3 aromatic heterocycles. The molecule has 0 radical (unpaired) electrons. The van der Waals surface area contributed by atoms with Gasteiger partial charge in [0.25, 0.3) is 15.9 Å². The number of rotatable bonds is 7. The third-order valence-corrected chi connectivity index (χ3v) is 7.32. The molecular formula is C26H32N6O4S. The Morgan fingerprint density at radius 3 is 2.51 bits per heavy atom. The van der Waals surface area contributed by atoms with Crippen molar-refractivity contribution in [1.29, 1.82) is 0 Å². The van der Waals surface area contributed by atoms with Crippen LogP contribution in [0.1, 0.15) is 51.4 Å². The van der Waals surface area contributed by atoms with Crippen LogP contribution in [0.25, 0.3) is 11.3 Å². The molecule has 4 heterocycles. The Kier molecular flexibility index (Phi) is 7.09. The zero-order valence-electron chi connectivity index (χ0n) is 21.6. The minimum Gasteiger partial charge on any atom is -0.475 e. The van der Waals surface area contributed by atoms with E-state index in [1.807, 2.05) is 19.9 Å². The summed E-state index contributed by atoms with van der Waals surface area (Å²) in [4.78, 5) is 28.4. The highest BCUT2D eigenvalue weighted by atomic mass is 32.2. The molecule has 0 bridgehead atoms. The van der Waals surface area contributed by atoms with Gasteiger partial charge in [-0.2, -0.15) is 8.42 Å². The molecule has 1 unspecified atom stereocenters. The van der Waals surface area contributed by atoms with Crippen LogP contribution in [-0.2, 0) is 10.0 Å². The van der Waals surface area contributed by atoms with Gasteiger partial charge in [0.15, 0.2) is 5.03 Å². The first kappa shape index (κ1) is 26.3. The summed E-state index contributed by atoms with van der Waals surface area (Å²) in [6, 6.07) is 11.1. The number of nitrogens with two attached hydrogens (primary N) is 1. The summed E-state index contributed by atoms with van der Waals surface area (Å²) in [7, 11) is -4.25. The Balaban J connectivity index is 1.73. The second kappa shape index (κ2) is 9.97. The molecule has 1 fully saturated rings. The zero-order valence-corrected chi connectivity index (χ0v) is 22.4. The first-order valence-corrected chi connectivity index (χ1v) is 13.6. The Bertz CT molecular complexity index is 1410. The van der Waals surface area contributed by atoms with E-state index in [1.165, 1.54) is 18.2 Å². The summed E-state index contributed by atoms with van der Waals surface area (Å²) in [5, 5.41) is -0.336. The number of anilines is 2. The molecule has 1 saturated heterocycles. The summed E-state index contributed by atoms with van der Waals surface area (Å²) in [6.07, 6.45) is 2.56. The molecule has 3 N–H and O–H groups in total. The number of amides is 1. The molecule has 0 spiro atoms. The van der Waals surface area contributed by atoms with Gasteiger partial charge in [-0.25, -0.2) is 19.7 Å². The van der Waals surface area contributed by atoms with E-state index in [4.69, 9.17) is 15.5 Å².